The number of H-pyrrole nitrogens is 2. The fourth-order valence-corrected chi connectivity index (χ4v) is 3.34. The van der Waals surface area contributed by atoms with E-state index in [4.69, 9.17) is 19.7 Å². The van der Waals surface area contributed by atoms with Crippen LogP contribution in [-0.4, -0.2) is 46.8 Å². The van der Waals surface area contributed by atoms with Crippen LogP contribution in [-0.2, 0) is 0 Å². The molecule has 5 N–H and O–H groups in total. The van der Waals surface area contributed by atoms with Gasteiger partial charge in [0.15, 0.2) is 11.5 Å². The minimum absolute atomic E-state index is 0.0459. The number of rotatable bonds is 10. The Hall–Kier alpha value is -3.23. The van der Waals surface area contributed by atoms with Crippen LogP contribution in [0, 0.1) is 5.82 Å². The number of hydrogen-bond acceptors (Lipinski definition) is 5. The molecule has 8 heteroatoms. The average molecular weight is 413 g/mol. The summed E-state index contributed by atoms with van der Waals surface area (Å²) in [5, 5.41) is 29.4. The van der Waals surface area contributed by atoms with Crippen molar-refractivity contribution < 1.29 is 24.1 Å². The fourth-order valence-electron chi connectivity index (χ4n) is 3.34. The number of benzene rings is 2. The van der Waals surface area contributed by atoms with Gasteiger partial charge in [0.1, 0.15) is 11.6 Å². The van der Waals surface area contributed by atoms with Crippen molar-refractivity contribution in [1.82, 2.24) is 10.2 Å². The molecule has 0 saturated heterocycles. The van der Waals surface area contributed by atoms with Crippen molar-refractivity contribution in [2.75, 3.05) is 31.7 Å². The Morgan fingerprint density at radius 2 is 1.63 bits per heavy atom. The third kappa shape index (κ3) is 4.19. The Balaban J connectivity index is 1.67. The standard InChI is InChI=1S/C22H24FN3O4/c23-15-4-1-5-16(12-15)24-22-18-10-14-11-19(29-8-2-6-27)20(30-9-3-7-28)13-17(14)21(18)25-26-22/h1,4-5,10-13,24-28H,2-3,6-9H2. The molecule has 0 fully saturated rings. The zero-order chi connectivity index (χ0) is 20.9. The van der Waals surface area contributed by atoms with Crippen LogP contribution in [0.3, 0.4) is 0 Å². The molecule has 30 heavy (non-hydrogen) atoms. The highest BCUT2D eigenvalue weighted by Crippen LogP contribution is 2.43. The van der Waals surface area contributed by atoms with E-state index in [1.54, 1.807) is 12.1 Å². The molecule has 1 aliphatic carbocycles. The highest BCUT2D eigenvalue weighted by atomic mass is 19.1. The van der Waals surface area contributed by atoms with Crippen LogP contribution in [0.15, 0.2) is 42.5 Å². The van der Waals surface area contributed by atoms with Gasteiger partial charge in [-0.3, -0.25) is 10.2 Å². The molecule has 4 rings (SSSR count). The first kappa shape index (κ1) is 20.1. The maximum absolute atomic E-state index is 13.5. The number of aromatic nitrogens is 2. The van der Waals surface area contributed by atoms with Gasteiger partial charge in [-0.15, -0.1) is 0 Å². The zero-order valence-electron chi connectivity index (χ0n) is 16.4. The molecule has 0 amide bonds. The van der Waals surface area contributed by atoms with Gasteiger partial charge in [0.2, 0.25) is 0 Å². The summed E-state index contributed by atoms with van der Waals surface area (Å²) in [6.45, 7) is 0.833. The first-order valence-electron chi connectivity index (χ1n) is 9.86. The van der Waals surface area contributed by atoms with Gasteiger partial charge < -0.3 is 25.0 Å². The fraction of sp³-hybridized carbons (Fsp3) is 0.273. The lowest BCUT2D eigenvalue weighted by Gasteiger charge is -2.13. The monoisotopic (exact) mass is 413 g/mol. The van der Waals surface area contributed by atoms with Crippen molar-refractivity contribution in [2.45, 2.75) is 12.8 Å². The molecule has 0 spiro atoms. The number of aromatic amines is 2. The van der Waals surface area contributed by atoms with Gasteiger partial charge in [0, 0.05) is 42.7 Å². The van der Waals surface area contributed by atoms with E-state index in [0.29, 0.717) is 43.2 Å². The van der Waals surface area contributed by atoms with E-state index in [1.165, 1.54) is 12.1 Å². The molecule has 0 unspecified atom stereocenters. The molecule has 158 valence electrons. The second-order valence-electron chi connectivity index (χ2n) is 6.93. The number of hydrogen-bond donors (Lipinski definition) is 5. The summed E-state index contributed by atoms with van der Waals surface area (Å²) in [6, 6.07) is 12.1. The van der Waals surface area contributed by atoms with Crippen LogP contribution < -0.4 is 14.8 Å². The van der Waals surface area contributed by atoms with E-state index in [2.05, 4.69) is 15.5 Å². The number of anilines is 2. The largest absolute Gasteiger partial charge is 0.490 e. The SMILES string of the molecule is OCCCOc1cc2cc3c(Nc4cccc(F)c4)[nH][nH]c-3c2cc1OCCCO. The summed E-state index contributed by atoms with van der Waals surface area (Å²) in [7, 11) is 0. The van der Waals surface area contributed by atoms with Gasteiger partial charge in [0.25, 0.3) is 0 Å². The second-order valence-corrected chi connectivity index (χ2v) is 6.93. The summed E-state index contributed by atoms with van der Waals surface area (Å²) in [6.07, 6.45) is 1.04. The van der Waals surface area contributed by atoms with Crippen molar-refractivity contribution in [3.8, 4) is 22.8 Å². The third-order valence-corrected chi connectivity index (χ3v) is 4.75. The van der Waals surface area contributed by atoms with E-state index >= 15 is 0 Å². The third-order valence-electron chi connectivity index (χ3n) is 4.75. The van der Waals surface area contributed by atoms with E-state index < -0.39 is 0 Å². The van der Waals surface area contributed by atoms with E-state index in [1.807, 2.05) is 18.2 Å². The molecule has 7 nitrogen and oxygen atoms in total. The minimum Gasteiger partial charge on any atom is -0.490 e. The summed E-state index contributed by atoms with van der Waals surface area (Å²) in [4.78, 5) is 0. The van der Waals surface area contributed by atoms with Crippen LogP contribution in [0.25, 0.3) is 22.0 Å². The maximum atomic E-state index is 13.5. The first-order chi connectivity index (χ1) is 14.7. The van der Waals surface area contributed by atoms with Crippen LogP contribution in [0.1, 0.15) is 12.8 Å². The summed E-state index contributed by atoms with van der Waals surface area (Å²) in [5.41, 5.74) is 2.44. The molecule has 0 radical (unpaired) electrons. The van der Waals surface area contributed by atoms with E-state index in [0.717, 1.165) is 27.8 Å². The lowest BCUT2D eigenvalue weighted by atomic mass is 10.2. The molecule has 1 aliphatic heterocycles. The predicted molar refractivity (Wildman–Crippen MR) is 113 cm³/mol. The molecule has 2 aliphatic rings. The number of halogens is 1. The van der Waals surface area contributed by atoms with Crippen molar-refractivity contribution in [3.63, 3.8) is 0 Å². The normalized spacial score (nSPS) is 11.3. The predicted octanol–water partition coefficient (Wildman–Crippen LogP) is 4.01. The number of aliphatic hydroxyl groups excluding tert-OH is 2. The van der Waals surface area contributed by atoms with E-state index in [9.17, 15) is 4.39 Å². The van der Waals surface area contributed by atoms with Crippen LogP contribution in [0.4, 0.5) is 15.9 Å². The Morgan fingerprint density at radius 1 is 0.900 bits per heavy atom. The molecular formula is C22H24FN3O4. The average Bonchev–Trinajstić information content (AvgIpc) is 3.28. The molecule has 0 saturated carbocycles. The number of aliphatic hydroxyl groups is 2. The second kappa shape index (κ2) is 9.06. The summed E-state index contributed by atoms with van der Waals surface area (Å²) < 4.78 is 25.1. The topological polar surface area (TPSA) is 103 Å². The molecule has 1 heterocycles. The van der Waals surface area contributed by atoms with Crippen LogP contribution in [0.5, 0.6) is 11.5 Å². The van der Waals surface area contributed by atoms with Gasteiger partial charge in [-0.25, -0.2) is 4.39 Å². The molecular weight excluding hydrogens is 389 g/mol. The molecule has 0 aromatic heterocycles. The van der Waals surface area contributed by atoms with Crippen LogP contribution >= 0.6 is 0 Å². The number of ether oxygens (including phenoxy) is 2. The highest BCUT2D eigenvalue weighted by Gasteiger charge is 2.20. The Labute approximate surface area is 172 Å². The quantitative estimate of drug-likeness (QED) is 0.253. The maximum Gasteiger partial charge on any atom is 0.161 e. The lowest BCUT2D eigenvalue weighted by molar-refractivity contribution is 0.211. The molecule has 2 aromatic carbocycles. The van der Waals surface area contributed by atoms with Crippen LogP contribution in [0.2, 0.25) is 0 Å². The zero-order valence-corrected chi connectivity index (χ0v) is 16.4. The number of fused-ring (bicyclic) bond motifs is 3. The lowest BCUT2D eigenvalue weighted by Crippen LogP contribution is -2.04. The van der Waals surface area contributed by atoms with Crippen molar-refractivity contribution in [2.24, 2.45) is 0 Å². The molecule has 0 bridgehead atoms. The van der Waals surface area contributed by atoms with E-state index in [-0.39, 0.29) is 19.0 Å². The van der Waals surface area contributed by atoms with Crippen molar-refractivity contribution in [3.05, 3.63) is 48.3 Å². The Bertz CT molecular complexity index is 1090. The molecule has 0 atom stereocenters. The molecule has 2 aromatic rings. The minimum atomic E-state index is -0.311. The Morgan fingerprint density at radius 3 is 2.33 bits per heavy atom. The van der Waals surface area contributed by atoms with Gasteiger partial charge in [-0.05, 0) is 41.8 Å². The summed E-state index contributed by atoms with van der Waals surface area (Å²) in [5.74, 6) is 1.58. The number of nitrogens with one attached hydrogen (secondary N) is 3. The van der Waals surface area contributed by atoms with Crippen molar-refractivity contribution in [1.29, 1.82) is 0 Å². The van der Waals surface area contributed by atoms with Gasteiger partial charge in [-0.2, -0.15) is 0 Å². The first-order valence-corrected chi connectivity index (χ1v) is 9.86. The van der Waals surface area contributed by atoms with Gasteiger partial charge in [0.05, 0.1) is 18.9 Å². The highest BCUT2D eigenvalue weighted by molar-refractivity contribution is 6.05. The van der Waals surface area contributed by atoms with Crippen molar-refractivity contribution >= 4 is 22.3 Å². The Kier molecular flexibility index (Phi) is 6.06. The van der Waals surface area contributed by atoms with Gasteiger partial charge >= 0.3 is 0 Å². The smallest absolute Gasteiger partial charge is 0.161 e. The van der Waals surface area contributed by atoms with Gasteiger partial charge in [-0.1, -0.05) is 6.07 Å². The summed E-state index contributed by atoms with van der Waals surface area (Å²) >= 11 is 0.